The molecule has 31 heavy (non-hydrogen) atoms. The number of carbonyl (C=O) groups is 1. The highest BCUT2D eigenvalue weighted by molar-refractivity contribution is 7.80. The average Bonchev–Trinajstić information content (AvgIpc) is 2.68. The first-order valence-corrected chi connectivity index (χ1v) is 9.87. The summed E-state index contributed by atoms with van der Waals surface area (Å²) in [6, 6.07) is 9.66. The van der Waals surface area contributed by atoms with E-state index in [4.69, 9.17) is 47.0 Å². The van der Waals surface area contributed by atoms with Crippen molar-refractivity contribution in [3.63, 3.8) is 0 Å². The fourth-order valence-corrected chi connectivity index (χ4v) is 2.91. The third-order valence-corrected chi connectivity index (χ3v) is 4.73. The number of nitrogens with one attached hydrogen (secondary N) is 3. The van der Waals surface area contributed by atoms with Crippen LogP contribution in [-0.2, 0) is 0 Å². The molecule has 0 radical (unpaired) electrons. The Morgan fingerprint density at radius 2 is 1.58 bits per heavy atom. The molecule has 0 aromatic heterocycles. The van der Waals surface area contributed by atoms with Crippen LogP contribution in [0.5, 0.6) is 0 Å². The number of non-ortho nitro benzene ring substituents is 2. The Morgan fingerprint density at radius 1 is 1.03 bits per heavy atom. The van der Waals surface area contributed by atoms with E-state index < -0.39 is 37.1 Å². The van der Waals surface area contributed by atoms with Gasteiger partial charge in [0.2, 0.25) is 3.79 Å². The summed E-state index contributed by atoms with van der Waals surface area (Å²) in [4.78, 5) is 32.9. The maximum Gasteiger partial charge on any atom is 0.277 e. The number of thiocarbonyl (C=S) groups is 1. The van der Waals surface area contributed by atoms with Crippen LogP contribution in [0.2, 0.25) is 0 Å². The van der Waals surface area contributed by atoms with Crippen LogP contribution in [0.15, 0.2) is 42.5 Å². The van der Waals surface area contributed by atoms with E-state index in [9.17, 15) is 25.0 Å². The number of anilines is 1. The lowest BCUT2D eigenvalue weighted by Gasteiger charge is -2.28. The van der Waals surface area contributed by atoms with Crippen LogP contribution in [0.1, 0.15) is 15.9 Å². The van der Waals surface area contributed by atoms with Crippen LogP contribution < -0.4 is 16.0 Å². The van der Waals surface area contributed by atoms with Gasteiger partial charge < -0.3 is 16.0 Å². The second-order valence-corrected chi connectivity index (χ2v) is 8.89. The zero-order chi connectivity index (χ0) is 23.3. The van der Waals surface area contributed by atoms with Crippen molar-refractivity contribution in [3.05, 3.63) is 73.8 Å². The number of alkyl halides is 3. The van der Waals surface area contributed by atoms with E-state index in [0.29, 0.717) is 5.69 Å². The summed E-state index contributed by atoms with van der Waals surface area (Å²) in [7, 11) is 0. The van der Waals surface area contributed by atoms with Crippen LogP contribution in [0.25, 0.3) is 0 Å². The Labute approximate surface area is 196 Å². The van der Waals surface area contributed by atoms with Gasteiger partial charge >= 0.3 is 0 Å². The number of rotatable bonds is 6. The SMILES string of the molecule is Cc1ccccc1NC(=S)NC(NC(=O)c1cc([N+](=O)[O-])cc([N+](=O)[O-])c1)C(Cl)(Cl)Cl. The summed E-state index contributed by atoms with van der Waals surface area (Å²) in [5.41, 5.74) is -0.113. The van der Waals surface area contributed by atoms with Gasteiger partial charge in [-0.1, -0.05) is 53.0 Å². The molecular weight excluding hydrogens is 493 g/mol. The van der Waals surface area contributed by atoms with Gasteiger partial charge in [0.25, 0.3) is 17.3 Å². The number of nitrogens with zero attached hydrogens (tertiary/aromatic N) is 2. The average molecular weight is 507 g/mol. The van der Waals surface area contributed by atoms with E-state index in [1.165, 1.54) is 0 Å². The number of hydrogen-bond donors (Lipinski definition) is 3. The third-order valence-electron chi connectivity index (χ3n) is 3.86. The molecule has 0 bridgehead atoms. The molecule has 1 atom stereocenters. The van der Waals surface area contributed by atoms with Gasteiger partial charge in [-0.2, -0.15) is 0 Å². The second-order valence-electron chi connectivity index (χ2n) is 6.11. The topological polar surface area (TPSA) is 139 Å². The fraction of sp³-hybridized carbons (Fsp3) is 0.176. The number of halogens is 3. The zero-order valence-electron chi connectivity index (χ0n) is 15.6. The molecule has 0 fully saturated rings. The number of nitro groups is 2. The van der Waals surface area contributed by atoms with Crippen LogP contribution in [0.4, 0.5) is 17.1 Å². The number of benzene rings is 2. The molecule has 164 valence electrons. The van der Waals surface area contributed by atoms with Gasteiger partial charge in [-0.3, -0.25) is 25.0 Å². The highest BCUT2D eigenvalue weighted by Gasteiger charge is 2.35. The molecule has 0 aliphatic carbocycles. The molecule has 1 unspecified atom stereocenters. The van der Waals surface area contributed by atoms with Gasteiger partial charge in [0.15, 0.2) is 5.11 Å². The summed E-state index contributed by atoms with van der Waals surface area (Å²) >= 11 is 23.0. The van der Waals surface area contributed by atoms with Crippen molar-refractivity contribution in [2.75, 3.05) is 5.32 Å². The van der Waals surface area contributed by atoms with Crippen molar-refractivity contribution in [1.82, 2.24) is 10.6 Å². The molecule has 14 heteroatoms. The molecule has 0 spiro atoms. The molecule has 0 aliphatic rings. The molecule has 2 rings (SSSR count). The normalized spacial score (nSPS) is 11.9. The monoisotopic (exact) mass is 505 g/mol. The molecule has 0 saturated carbocycles. The Bertz CT molecular complexity index is 1010. The molecule has 0 heterocycles. The molecule has 10 nitrogen and oxygen atoms in total. The molecule has 0 saturated heterocycles. The number of para-hydroxylation sites is 1. The lowest BCUT2D eigenvalue weighted by molar-refractivity contribution is -0.394. The van der Waals surface area contributed by atoms with Crippen molar-refractivity contribution in [2.45, 2.75) is 16.9 Å². The third kappa shape index (κ3) is 6.89. The minimum absolute atomic E-state index is 0.0101. The van der Waals surface area contributed by atoms with Crippen molar-refractivity contribution >= 4 is 75.1 Å². The summed E-state index contributed by atoms with van der Waals surface area (Å²) in [5, 5.41) is 29.9. The van der Waals surface area contributed by atoms with Crippen LogP contribution >= 0.6 is 47.0 Å². The second kappa shape index (κ2) is 10.1. The summed E-state index contributed by atoms with van der Waals surface area (Å²) in [5.74, 6) is -0.964. The lowest BCUT2D eigenvalue weighted by atomic mass is 10.1. The standard InChI is InChI=1S/C17H14Cl3N5O5S/c1-9-4-2-3-5-13(9)21-16(31)23-15(17(18,19)20)22-14(26)10-6-11(24(27)28)8-12(7-10)25(29)30/h2-8,15H,1H3,(H,22,26)(H2,21,23,31). The first-order valence-electron chi connectivity index (χ1n) is 8.33. The Balaban J connectivity index is 2.24. The quantitative estimate of drug-likeness (QED) is 0.174. The van der Waals surface area contributed by atoms with E-state index in [1.54, 1.807) is 12.1 Å². The van der Waals surface area contributed by atoms with Gasteiger partial charge in [-0.25, -0.2) is 0 Å². The minimum Gasteiger partial charge on any atom is -0.339 e. The smallest absolute Gasteiger partial charge is 0.277 e. The number of aryl methyl sites for hydroxylation is 1. The maximum absolute atomic E-state index is 12.6. The first-order chi connectivity index (χ1) is 14.4. The number of amides is 1. The highest BCUT2D eigenvalue weighted by atomic mass is 35.6. The highest BCUT2D eigenvalue weighted by Crippen LogP contribution is 2.30. The molecule has 1 amide bonds. The fourth-order valence-electron chi connectivity index (χ4n) is 2.35. The van der Waals surface area contributed by atoms with Crippen LogP contribution in [0.3, 0.4) is 0 Å². The van der Waals surface area contributed by atoms with E-state index in [-0.39, 0.29) is 10.7 Å². The van der Waals surface area contributed by atoms with Gasteiger partial charge in [-0.05, 0) is 30.8 Å². The largest absolute Gasteiger partial charge is 0.339 e. The first kappa shape index (κ1) is 24.5. The van der Waals surface area contributed by atoms with Crippen LogP contribution in [-0.4, -0.2) is 30.8 Å². The van der Waals surface area contributed by atoms with Gasteiger partial charge in [0.1, 0.15) is 6.17 Å². The summed E-state index contributed by atoms with van der Waals surface area (Å²) in [6.45, 7) is 1.84. The van der Waals surface area contributed by atoms with E-state index in [0.717, 1.165) is 23.8 Å². The number of nitro benzene ring substituents is 2. The predicted molar refractivity (Wildman–Crippen MR) is 122 cm³/mol. The molecular formula is C17H14Cl3N5O5S. The minimum atomic E-state index is -2.10. The summed E-state index contributed by atoms with van der Waals surface area (Å²) < 4.78 is -2.10. The molecule has 2 aromatic rings. The zero-order valence-corrected chi connectivity index (χ0v) is 18.7. The predicted octanol–water partition coefficient (Wildman–Crippen LogP) is 4.22. The van der Waals surface area contributed by atoms with Gasteiger partial charge in [0.05, 0.1) is 21.5 Å². The van der Waals surface area contributed by atoms with Crippen molar-refractivity contribution in [1.29, 1.82) is 0 Å². The van der Waals surface area contributed by atoms with E-state index in [2.05, 4.69) is 16.0 Å². The van der Waals surface area contributed by atoms with E-state index >= 15 is 0 Å². The Morgan fingerprint density at radius 3 is 2.06 bits per heavy atom. The Hall–Kier alpha value is -2.73. The maximum atomic E-state index is 12.6. The lowest BCUT2D eigenvalue weighted by Crippen LogP contribution is -2.56. The van der Waals surface area contributed by atoms with Gasteiger partial charge in [-0.15, -0.1) is 0 Å². The number of hydrogen-bond acceptors (Lipinski definition) is 6. The molecule has 0 aliphatic heterocycles. The van der Waals surface area contributed by atoms with E-state index in [1.807, 2.05) is 19.1 Å². The van der Waals surface area contributed by atoms with Crippen molar-refractivity contribution in [2.24, 2.45) is 0 Å². The number of carbonyl (C=O) groups excluding carboxylic acids is 1. The summed E-state index contributed by atoms with van der Waals surface area (Å²) in [6.07, 6.45) is -1.38. The molecule has 2 aromatic carbocycles. The molecule has 3 N–H and O–H groups in total. The van der Waals surface area contributed by atoms with Gasteiger partial charge in [0, 0.05) is 17.8 Å². The van der Waals surface area contributed by atoms with Crippen molar-refractivity contribution < 1.29 is 14.6 Å². The Kier molecular flexibility index (Phi) is 7.96. The van der Waals surface area contributed by atoms with Crippen molar-refractivity contribution in [3.8, 4) is 0 Å². The van der Waals surface area contributed by atoms with Crippen LogP contribution in [0, 0.1) is 27.2 Å².